The van der Waals surface area contributed by atoms with Gasteiger partial charge in [-0.25, -0.2) is 0 Å². The van der Waals surface area contributed by atoms with Gasteiger partial charge in [0.25, 0.3) is 4.96 Å². The fourth-order valence-electron chi connectivity index (χ4n) is 1.78. The second-order valence-corrected chi connectivity index (χ2v) is 5.68. The van der Waals surface area contributed by atoms with Gasteiger partial charge < -0.3 is 14.9 Å². The van der Waals surface area contributed by atoms with Crippen LogP contribution < -0.4 is 4.74 Å². The van der Waals surface area contributed by atoms with Gasteiger partial charge in [0.05, 0.1) is 0 Å². The molecule has 0 aliphatic rings. The maximum Gasteiger partial charge on any atom is 0.393 e. The minimum absolute atomic E-state index is 0.106. The first-order chi connectivity index (χ1) is 10.1. The normalized spacial score (nSPS) is 10.7. The number of carbonyl (C=O) groups is 1. The van der Waals surface area contributed by atoms with E-state index in [1.54, 1.807) is 23.7 Å². The van der Waals surface area contributed by atoms with Gasteiger partial charge in [0, 0.05) is 15.4 Å². The summed E-state index contributed by atoms with van der Waals surface area (Å²) in [6.07, 6.45) is 2.22. The molecule has 0 amide bonds. The molecule has 106 valence electrons. The molecular weight excluding hydrogens is 362 g/mol. The van der Waals surface area contributed by atoms with Crippen LogP contribution in [0.5, 0.6) is 11.6 Å². The Bertz CT molecular complexity index is 857. The highest BCUT2D eigenvalue weighted by Crippen LogP contribution is 2.34. The summed E-state index contributed by atoms with van der Waals surface area (Å²) < 4.78 is 7.43. The lowest BCUT2D eigenvalue weighted by Gasteiger charge is -2.04. The van der Waals surface area contributed by atoms with Gasteiger partial charge in [-0.2, -0.15) is 9.38 Å². The summed E-state index contributed by atoms with van der Waals surface area (Å²) in [7, 11) is 0. The molecule has 0 fully saturated rings. The molecule has 9 heteroatoms. The summed E-state index contributed by atoms with van der Waals surface area (Å²) in [5.74, 6) is -0.0537. The van der Waals surface area contributed by atoms with Crippen molar-refractivity contribution in [2.45, 2.75) is 0 Å². The van der Waals surface area contributed by atoms with E-state index in [1.165, 1.54) is 21.8 Å². The van der Waals surface area contributed by atoms with Crippen molar-refractivity contribution < 1.29 is 14.5 Å². The van der Waals surface area contributed by atoms with Gasteiger partial charge in [-0.3, -0.25) is 4.79 Å². The first-order valence-corrected chi connectivity index (χ1v) is 7.30. The Balaban J connectivity index is 2.05. The van der Waals surface area contributed by atoms with E-state index >= 15 is 0 Å². The average molecular weight is 368 g/mol. The number of aldehydes is 1. The molecule has 0 N–H and O–H groups in total. The second kappa shape index (κ2) is 5.26. The lowest BCUT2D eigenvalue weighted by atomic mass is 10.2. The summed E-state index contributed by atoms with van der Waals surface area (Å²) >= 11 is 4.49. The van der Waals surface area contributed by atoms with Crippen LogP contribution in [0.3, 0.4) is 0 Å². The minimum Gasteiger partial charge on any atom is -0.432 e. The van der Waals surface area contributed by atoms with Crippen LogP contribution in [0.15, 0.2) is 34.2 Å². The van der Waals surface area contributed by atoms with Crippen molar-refractivity contribution >= 4 is 44.3 Å². The average Bonchev–Trinajstić information content (AvgIpc) is 3.00. The van der Waals surface area contributed by atoms with E-state index in [0.29, 0.717) is 27.0 Å². The zero-order chi connectivity index (χ0) is 15.0. The Morgan fingerprint density at radius 3 is 3.00 bits per heavy atom. The monoisotopic (exact) mass is 367 g/mol. The number of carbonyl (C=O) groups excluding carboxylic acids is 1. The molecular formula is C12H6BrN3O4S. The molecule has 0 aliphatic heterocycles. The molecule has 0 saturated heterocycles. The molecule has 1 aromatic carbocycles. The molecule has 0 spiro atoms. The zero-order valence-corrected chi connectivity index (χ0v) is 12.6. The Labute approximate surface area is 130 Å². The van der Waals surface area contributed by atoms with Crippen LogP contribution >= 0.6 is 27.3 Å². The van der Waals surface area contributed by atoms with Crippen molar-refractivity contribution in [3.8, 4) is 11.6 Å². The fourth-order valence-corrected chi connectivity index (χ4v) is 2.82. The zero-order valence-electron chi connectivity index (χ0n) is 10.2. The van der Waals surface area contributed by atoms with Crippen LogP contribution in [0.25, 0.3) is 4.96 Å². The van der Waals surface area contributed by atoms with Gasteiger partial charge in [0.15, 0.2) is 6.29 Å². The fraction of sp³-hybridized carbons (Fsp3) is 0. The number of benzene rings is 1. The number of thiazole rings is 1. The molecule has 7 nitrogen and oxygen atoms in total. The molecule has 0 unspecified atom stereocenters. The van der Waals surface area contributed by atoms with E-state index < -0.39 is 4.92 Å². The van der Waals surface area contributed by atoms with E-state index in [9.17, 15) is 14.9 Å². The highest BCUT2D eigenvalue weighted by Gasteiger charge is 2.25. The highest BCUT2D eigenvalue weighted by molar-refractivity contribution is 9.10. The lowest BCUT2D eigenvalue weighted by molar-refractivity contribution is -0.391. The predicted octanol–water partition coefficient (Wildman–Crippen LogP) is 3.67. The molecule has 0 atom stereocenters. The molecule has 0 bridgehead atoms. The van der Waals surface area contributed by atoms with E-state index in [1.807, 2.05) is 0 Å². The predicted molar refractivity (Wildman–Crippen MR) is 79.3 cm³/mol. The van der Waals surface area contributed by atoms with Crippen LogP contribution in [-0.4, -0.2) is 20.6 Å². The first kappa shape index (κ1) is 13.7. The number of nitrogens with zero attached hydrogens (tertiary/aromatic N) is 3. The minimum atomic E-state index is -0.554. The lowest BCUT2D eigenvalue weighted by Crippen LogP contribution is -1.95. The quantitative estimate of drug-likeness (QED) is 0.398. The summed E-state index contributed by atoms with van der Waals surface area (Å²) in [4.78, 5) is 26.1. The van der Waals surface area contributed by atoms with E-state index in [-0.39, 0.29) is 11.7 Å². The van der Waals surface area contributed by atoms with Gasteiger partial charge in [0.2, 0.25) is 0 Å². The number of aromatic nitrogens is 2. The standard InChI is InChI=1S/C12H6BrN3O4S/c13-9-2-1-8(5-7(9)6-17)20-10-11(16(18)19)15-3-4-21-12(15)14-10/h1-6H. The van der Waals surface area contributed by atoms with Crippen LogP contribution in [0.1, 0.15) is 10.4 Å². The van der Waals surface area contributed by atoms with Crippen molar-refractivity contribution in [3.05, 3.63) is 49.9 Å². The third-order valence-electron chi connectivity index (χ3n) is 2.69. The van der Waals surface area contributed by atoms with E-state index in [0.717, 1.165) is 0 Å². The van der Waals surface area contributed by atoms with E-state index in [4.69, 9.17) is 4.74 Å². The van der Waals surface area contributed by atoms with Crippen molar-refractivity contribution in [3.63, 3.8) is 0 Å². The Kier molecular flexibility index (Phi) is 3.43. The van der Waals surface area contributed by atoms with Crippen molar-refractivity contribution in [1.82, 2.24) is 9.38 Å². The Morgan fingerprint density at radius 1 is 1.48 bits per heavy atom. The number of imidazole rings is 1. The smallest absolute Gasteiger partial charge is 0.393 e. The first-order valence-electron chi connectivity index (χ1n) is 5.62. The van der Waals surface area contributed by atoms with Gasteiger partial charge in [-0.05, 0) is 23.1 Å². The van der Waals surface area contributed by atoms with Crippen LogP contribution in [0, 0.1) is 10.1 Å². The summed E-state index contributed by atoms with van der Waals surface area (Å²) in [5, 5.41) is 12.9. The number of nitro groups is 1. The van der Waals surface area contributed by atoms with Crippen molar-refractivity contribution in [2.75, 3.05) is 0 Å². The molecule has 0 aliphatic carbocycles. The molecule has 2 aromatic heterocycles. The summed E-state index contributed by atoms with van der Waals surface area (Å²) in [6.45, 7) is 0. The van der Waals surface area contributed by atoms with Crippen LogP contribution in [-0.2, 0) is 0 Å². The second-order valence-electron chi connectivity index (χ2n) is 3.96. The third-order valence-corrected chi connectivity index (χ3v) is 4.17. The maximum absolute atomic E-state index is 11.2. The van der Waals surface area contributed by atoms with Crippen LogP contribution in [0.4, 0.5) is 5.82 Å². The molecule has 3 rings (SSSR count). The SMILES string of the molecule is O=Cc1cc(Oc2nc3sccn3c2[N+](=O)[O-])ccc1Br. The van der Waals surface area contributed by atoms with E-state index in [2.05, 4.69) is 20.9 Å². The molecule has 3 aromatic rings. The van der Waals surface area contributed by atoms with Gasteiger partial charge in [0.1, 0.15) is 11.9 Å². The third kappa shape index (κ3) is 2.41. The summed E-state index contributed by atoms with van der Waals surface area (Å²) in [5.41, 5.74) is 0.385. The highest BCUT2D eigenvalue weighted by atomic mass is 79.9. The Hall–Kier alpha value is -2.26. The van der Waals surface area contributed by atoms with Gasteiger partial charge >= 0.3 is 11.7 Å². The largest absolute Gasteiger partial charge is 0.432 e. The number of rotatable bonds is 4. The Morgan fingerprint density at radius 2 is 2.29 bits per heavy atom. The molecule has 2 heterocycles. The topological polar surface area (TPSA) is 86.7 Å². The molecule has 0 radical (unpaired) electrons. The molecule has 0 saturated carbocycles. The number of ether oxygens (including phenoxy) is 1. The number of halogens is 1. The molecule has 21 heavy (non-hydrogen) atoms. The maximum atomic E-state index is 11.2. The van der Waals surface area contributed by atoms with Crippen LogP contribution in [0.2, 0.25) is 0 Å². The number of fused-ring (bicyclic) bond motifs is 1. The van der Waals surface area contributed by atoms with Gasteiger partial charge in [-0.15, -0.1) is 0 Å². The number of hydrogen-bond donors (Lipinski definition) is 0. The number of hydrogen-bond acceptors (Lipinski definition) is 6. The van der Waals surface area contributed by atoms with Crippen molar-refractivity contribution in [1.29, 1.82) is 0 Å². The van der Waals surface area contributed by atoms with Crippen molar-refractivity contribution in [2.24, 2.45) is 0 Å². The van der Waals surface area contributed by atoms with Gasteiger partial charge in [-0.1, -0.05) is 27.3 Å². The summed E-state index contributed by atoms with van der Waals surface area (Å²) in [6, 6.07) is 4.70.